The number of nitrogens with zero attached hydrogens (tertiary/aromatic N) is 6. The van der Waals surface area contributed by atoms with Crippen molar-refractivity contribution in [3.63, 3.8) is 0 Å². The van der Waals surface area contributed by atoms with Gasteiger partial charge in [0.1, 0.15) is 5.52 Å². The van der Waals surface area contributed by atoms with Crippen LogP contribution in [0.2, 0.25) is 0 Å². The van der Waals surface area contributed by atoms with Gasteiger partial charge in [-0.2, -0.15) is 13.2 Å². The molecule has 5 aromatic rings. The molecular formula is C32H31F3N6OS. The van der Waals surface area contributed by atoms with Crippen molar-refractivity contribution < 1.29 is 18.0 Å². The number of benzene rings is 3. The number of para-hydroxylation sites is 1. The van der Waals surface area contributed by atoms with Crippen LogP contribution in [0.25, 0.3) is 22.1 Å². The quantitative estimate of drug-likeness (QED) is 0.139. The van der Waals surface area contributed by atoms with Crippen molar-refractivity contribution in [3.8, 4) is 0 Å². The van der Waals surface area contributed by atoms with Crippen LogP contribution >= 0.6 is 11.8 Å². The second-order valence-corrected chi connectivity index (χ2v) is 11.6. The first kappa shape index (κ1) is 29.0. The molecule has 1 aliphatic heterocycles. The first-order valence-electron chi connectivity index (χ1n) is 14.4. The van der Waals surface area contributed by atoms with Crippen LogP contribution in [-0.4, -0.2) is 62.5 Å². The first-order valence-corrected chi connectivity index (χ1v) is 15.3. The highest BCUT2D eigenvalue weighted by Crippen LogP contribution is 2.32. The lowest BCUT2D eigenvalue weighted by Crippen LogP contribution is -2.48. The Kier molecular flexibility index (Phi) is 8.51. The molecule has 1 fully saturated rings. The van der Waals surface area contributed by atoms with Gasteiger partial charge in [0.2, 0.25) is 11.1 Å². The predicted octanol–water partition coefficient (Wildman–Crippen LogP) is 6.66. The van der Waals surface area contributed by atoms with Gasteiger partial charge in [-0.25, -0.2) is 4.98 Å². The second-order valence-electron chi connectivity index (χ2n) is 10.6. The topological polar surface area (TPSA) is 67.2 Å². The molecule has 222 valence electrons. The number of hydrogen-bond acceptors (Lipinski definition) is 6. The van der Waals surface area contributed by atoms with Crippen molar-refractivity contribution in [2.24, 2.45) is 0 Å². The van der Waals surface area contributed by atoms with Gasteiger partial charge in [0, 0.05) is 56.0 Å². The monoisotopic (exact) mass is 604 g/mol. The Morgan fingerprint density at radius 2 is 1.63 bits per heavy atom. The second kappa shape index (κ2) is 12.6. The fourth-order valence-electron chi connectivity index (χ4n) is 5.47. The summed E-state index contributed by atoms with van der Waals surface area (Å²) < 4.78 is 41.4. The lowest BCUT2D eigenvalue weighted by Gasteiger charge is -2.36. The number of anilines is 1. The maximum atomic E-state index is 13.1. The number of rotatable bonds is 9. The molecule has 0 N–H and O–H groups in total. The van der Waals surface area contributed by atoms with Crippen LogP contribution in [0.3, 0.4) is 0 Å². The van der Waals surface area contributed by atoms with Crippen molar-refractivity contribution in [2.45, 2.75) is 37.1 Å². The van der Waals surface area contributed by atoms with Gasteiger partial charge < -0.3 is 14.4 Å². The summed E-state index contributed by atoms with van der Waals surface area (Å²) in [6.45, 7) is 2.71. The zero-order valence-corrected chi connectivity index (χ0v) is 24.3. The van der Waals surface area contributed by atoms with E-state index in [-0.39, 0.29) is 5.91 Å². The molecule has 11 heteroatoms. The van der Waals surface area contributed by atoms with Gasteiger partial charge in [-0.1, -0.05) is 66.4 Å². The Hall–Kier alpha value is -4.12. The predicted molar refractivity (Wildman–Crippen MR) is 163 cm³/mol. The van der Waals surface area contributed by atoms with Crippen LogP contribution < -0.4 is 4.90 Å². The third kappa shape index (κ3) is 6.61. The first-order chi connectivity index (χ1) is 20.9. The van der Waals surface area contributed by atoms with E-state index < -0.39 is 11.7 Å². The lowest BCUT2D eigenvalue weighted by atomic mass is 10.1. The van der Waals surface area contributed by atoms with E-state index >= 15 is 0 Å². The van der Waals surface area contributed by atoms with Gasteiger partial charge in [-0.05, 0) is 42.7 Å². The third-order valence-electron chi connectivity index (χ3n) is 7.73. The standard InChI is InChI=1S/C32H31F3N6OS/c33-32(34,35)24-11-8-12-25(21-24)39-16-18-40(19-17-39)28(42)15-6-7-20-43-31-36-30-29(37-38-31)26-13-4-5-14-27(26)41(30)22-23-9-2-1-3-10-23/h1-5,8-14,21H,6-7,15-20,22H2. The van der Waals surface area contributed by atoms with Crippen molar-refractivity contribution >= 4 is 45.4 Å². The minimum absolute atomic E-state index is 0.0819. The number of aromatic nitrogens is 4. The van der Waals surface area contributed by atoms with E-state index in [9.17, 15) is 18.0 Å². The third-order valence-corrected chi connectivity index (χ3v) is 8.65. The molecule has 1 aliphatic rings. The molecule has 1 amide bonds. The SMILES string of the molecule is O=C(CCCCSc1nnc2c3ccccc3n(Cc3ccccc3)c2n1)N1CCN(c2cccc(C(F)(F)F)c2)CC1. The number of halogens is 3. The molecule has 3 aromatic carbocycles. The highest BCUT2D eigenvalue weighted by Gasteiger charge is 2.31. The smallest absolute Gasteiger partial charge is 0.368 e. The molecule has 1 saturated heterocycles. The summed E-state index contributed by atoms with van der Waals surface area (Å²) in [6, 6.07) is 23.8. The van der Waals surface area contributed by atoms with Crippen LogP contribution in [0.5, 0.6) is 0 Å². The summed E-state index contributed by atoms with van der Waals surface area (Å²) in [5.74, 6) is 0.848. The summed E-state index contributed by atoms with van der Waals surface area (Å²) in [5.41, 5.74) is 3.72. The van der Waals surface area contributed by atoms with Gasteiger partial charge >= 0.3 is 6.18 Å². The number of amides is 1. The van der Waals surface area contributed by atoms with E-state index in [1.54, 1.807) is 6.07 Å². The molecule has 6 rings (SSSR count). The fourth-order valence-corrected chi connectivity index (χ4v) is 6.25. The molecule has 0 unspecified atom stereocenters. The molecule has 3 heterocycles. The number of piperazine rings is 1. The molecule has 7 nitrogen and oxygen atoms in total. The Bertz CT molecular complexity index is 1720. The number of carbonyl (C=O) groups is 1. The molecule has 0 aliphatic carbocycles. The number of thioether (sulfide) groups is 1. The van der Waals surface area contributed by atoms with E-state index in [1.165, 1.54) is 29.5 Å². The van der Waals surface area contributed by atoms with Crippen LogP contribution in [0.15, 0.2) is 84.0 Å². The molecule has 2 aromatic heterocycles. The lowest BCUT2D eigenvalue weighted by molar-refractivity contribution is -0.137. The molecule has 43 heavy (non-hydrogen) atoms. The summed E-state index contributed by atoms with van der Waals surface area (Å²) >= 11 is 1.54. The molecular weight excluding hydrogens is 573 g/mol. The maximum absolute atomic E-state index is 13.1. The van der Waals surface area contributed by atoms with E-state index in [1.807, 2.05) is 46.2 Å². The summed E-state index contributed by atoms with van der Waals surface area (Å²) in [5, 5.41) is 10.6. The van der Waals surface area contributed by atoms with Crippen molar-refractivity contribution in [1.29, 1.82) is 0 Å². The highest BCUT2D eigenvalue weighted by atomic mass is 32.2. The fraction of sp³-hybridized carbons (Fsp3) is 0.312. The van der Waals surface area contributed by atoms with Crippen molar-refractivity contribution in [2.75, 3.05) is 36.8 Å². The largest absolute Gasteiger partial charge is 0.416 e. The van der Waals surface area contributed by atoms with E-state index in [0.29, 0.717) is 50.0 Å². The van der Waals surface area contributed by atoms with E-state index in [2.05, 4.69) is 33.0 Å². The molecule has 0 saturated carbocycles. The van der Waals surface area contributed by atoms with Crippen LogP contribution in [0.4, 0.5) is 18.9 Å². The van der Waals surface area contributed by atoms with Gasteiger partial charge in [0.15, 0.2) is 5.65 Å². The number of carbonyl (C=O) groups excluding carboxylic acids is 1. The Labute approximate surface area is 251 Å². The average Bonchev–Trinajstić information content (AvgIpc) is 3.33. The number of alkyl halides is 3. The van der Waals surface area contributed by atoms with E-state index in [0.717, 1.165) is 46.7 Å². The van der Waals surface area contributed by atoms with Crippen molar-refractivity contribution in [3.05, 3.63) is 90.0 Å². The van der Waals surface area contributed by atoms with Gasteiger partial charge in [-0.3, -0.25) is 4.79 Å². The molecule has 0 atom stereocenters. The Morgan fingerprint density at radius 1 is 0.860 bits per heavy atom. The Balaban J connectivity index is 1.00. The molecule has 0 bridgehead atoms. The van der Waals surface area contributed by atoms with Gasteiger partial charge in [0.05, 0.1) is 11.1 Å². The summed E-state index contributed by atoms with van der Waals surface area (Å²) in [6.07, 6.45) is -2.37. The molecule has 0 spiro atoms. The minimum Gasteiger partial charge on any atom is -0.368 e. The minimum atomic E-state index is -4.37. The highest BCUT2D eigenvalue weighted by molar-refractivity contribution is 7.99. The Morgan fingerprint density at radius 3 is 2.42 bits per heavy atom. The number of unbranched alkanes of at least 4 members (excludes halogenated alkanes) is 1. The zero-order valence-electron chi connectivity index (χ0n) is 23.5. The van der Waals surface area contributed by atoms with Crippen LogP contribution in [-0.2, 0) is 17.5 Å². The maximum Gasteiger partial charge on any atom is 0.416 e. The van der Waals surface area contributed by atoms with Crippen molar-refractivity contribution in [1.82, 2.24) is 24.6 Å². The normalized spacial score (nSPS) is 14.1. The number of hydrogen-bond donors (Lipinski definition) is 0. The van der Waals surface area contributed by atoms with E-state index in [4.69, 9.17) is 4.98 Å². The average molecular weight is 605 g/mol. The summed E-state index contributed by atoms with van der Waals surface area (Å²) in [4.78, 5) is 21.4. The van der Waals surface area contributed by atoms with Gasteiger partial charge in [-0.15, -0.1) is 10.2 Å². The summed E-state index contributed by atoms with van der Waals surface area (Å²) in [7, 11) is 0. The van der Waals surface area contributed by atoms with Crippen LogP contribution in [0.1, 0.15) is 30.4 Å². The van der Waals surface area contributed by atoms with Crippen LogP contribution in [0, 0.1) is 0 Å². The number of fused-ring (bicyclic) bond motifs is 3. The van der Waals surface area contributed by atoms with Gasteiger partial charge in [0.25, 0.3) is 0 Å². The zero-order chi connectivity index (χ0) is 29.8. The molecule has 0 radical (unpaired) electrons.